The van der Waals surface area contributed by atoms with E-state index in [9.17, 15) is 10.1 Å². The number of hydrogen-bond donors (Lipinski definition) is 0. The van der Waals surface area contributed by atoms with E-state index in [-0.39, 0.29) is 12.3 Å². The first-order valence-corrected chi connectivity index (χ1v) is 5.69. The Kier molecular flexibility index (Phi) is 4.23. The molecule has 0 aliphatic heterocycles. The fraction of sp³-hybridized carbons (Fsp3) is 0.0714. The van der Waals surface area contributed by atoms with Crippen LogP contribution in [-0.4, -0.2) is 11.1 Å². The summed E-state index contributed by atoms with van der Waals surface area (Å²) in [5, 5.41) is 14.4. The van der Waals surface area contributed by atoms with Gasteiger partial charge >= 0.3 is 0 Å². The van der Waals surface area contributed by atoms with Gasteiger partial charge in [-0.1, -0.05) is 47.6 Å². The van der Waals surface area contributed by atoms with Crippen molar-refractivity contribution in [3.05, 3.63) is 75.8 Å². The maximum Gasteiger partial charge on any atom is 0.269 e. The van der Waals surface area contributed by atoms with Crippen LogP contribution >= 0.6 is 0 Å². The number of non-ortho nitro benzene ring substituents is 1. The van der Waals surface area contributed by atoms with Crippen molar-refractivity contribution in [3.8, 4) is 0 Å². The summed E-state index contributed by atoms with van der Waals surface area (Å²) < 4.78 is 0. The van der Waals surface area contributed by atoms with Gasteiger partial charge in [-0.2, -0.15) is 0 Å². The van der Waals surface area contributed by atoms with Crippen LogP contribution in [-0.2, 0) is 11.4 Å². The lowest BCUT2D eigenvalue weighted by Crippen LogP contribution is -1.92. The van der Waals surface area contributed by atoms with E-state index in [4.69, 9.17) is 4.84 Å². The molecule has 0 aliphatic carbocycles. The minimum Gasteiger partial charge on any atom is -0.391 e. The highest BCUT2D eigenvalue weighted by Gasteiger charge is 2.05. The summed E-state index contributed by atoms with van der Waals surface area (Å²) in [6.07, 6.45) is 1.59. The van der Waals surface area contributed by atoms with Gasteiger partial charge in [0.2, 0.25) is 0 Å². The maximum atomic E-state index is 10.6. The van der Waals surface area contributed by atoms with Crippen molar-refractivity contribution in [1.82, 2.24) is 0 Å². The molecule has 96 valence electrons. The molecule has 0 aromatic heterocycles. The van der Waals surface area contributed by atoms with Crippen LogP contribution in [0.3, 0.4) is 0 Å². The Morgan fingerprint density at radius 1 is 1.16 bits per heavy atom. The fourth-order valence-corrected chi connectivity index (χ4v) is 1.51. The maximum absolute atomic E-state index is 10.6. The summed E-state index contributed by atoms with van der Waals surface area (Å²) in [6.45, 7) is 0.199. The van der Waals surface area contributed by atoms with Crippen molar-refractivity contribution in [1.29, 1.82) is 0 Å². The van der Waals surface area contributed by atoms with Gasteiger partial charge in [0.25, 0.3) is 5.69 Å². The Morgan fingerprint density at radius 2 is 1.95 bits per heavy atom. The molecule has 0 saturated heterocycles. The highest BCUT2D eigenvalue weighted by atomic mass is 16.6. The molecule has 0 spiro atoms. The van der Waals surface area contributed by atoms with E-state index in [1.54, 1.807) is 18.3 Å². The highest BCUT2D eigenvalue weighted by Crippen LogP contribution is 2.13. The van der Waals surface area contributed by atoms with Crippen molar-refractivity contribution in [2.75, 3.05) is 0 Å². The lowest BCUT2D eigenvalue weighted by Gasteiger charge is -1.99. The van der Waals surface area contributed by atoms with Crippen LogP contribution in [0.1, 0.15) is 11.1 Å². The van der Waals surface area contributed by atoms with E-state index in [0.29, 0.717) is 5.56 Å². The summed E-state index contributed by atoms with van der Waals surface area (Å²) in [5.41, 5.74) is 1.69. The second-order valence-corrected chi connectivity index (χ2v) is 3.85. The van der Waals surface area contributed by atoms with Crippen molar-refractivity contribution in [2.45, 2.75) is 6.61 Å². The standard InChI is InChI=1S/C14H12N2O3/c17-16(18)14-8-4-7-13(9-14)11-19-15-10-12-5-2-1-3-6-12/h1-10H,11H2/b15-10-. The second-order valence-electron chi connectivity index (χ2n) is 3.85. The minimum absolute atomic E-state index is 0.0492. The summed E-state index contributed by atoms with van der Waals surface area (Å²) in [6, 6.07) is 15.8. The predicted molar refractivity (Wildman–Crippen MR) is 71.9 cm³/mol. The second kappa shape index (κ2) is 6.30. The molecule has 0 atom stereocenters. The smallest absolute Gasteiger partial charge is 0.269 e. The largest absolute Gasteiger partial charge is 0.391 e. The number of nitrogens with zero attached hydrogens (tertiary/aromatic N) is 2. The van der Waals surface area contributed by atoms with Crippen LogP contribution in [0.4, 0.5) is 5.69 Å². The number of nitro groups is 1. The third kappa shape index (κ3) is 3.92. The van der Waals surface area contributed by atoms with Gasteiger partial charge in [0.15, 0.2) is 0 Å². The first-order chi connectivity index (χ1) is 9.25. The van der Waals surface area contributed by atoms with Gasteiger partial charge in [-0.15, -0.1) is 0 Å². The summed E-state index contributed by atoms with van der Waals surface area (Å²) in [7, 11) is 0. The van der Waals surface area contributed by atoms with E-state index >= 15 is 0 Å². The highest BCUT2D eigenvalue weighted by molar-refractivity contribution is 5.78. The monoisotopic (exact) mass is 256 g/mol. The molecular formula is C14H12N2O3. The van der Waals surface area contributed by atoms with E-state index in [2.05, 4.69) is 5.16 Å². The van der Waals surface area contributed by atoms with Crippen LogP contribution in [0, 0.1) is 10.1 Å². The molecule has 2 aromatic carbocycles. The Balaban J connectivity index is 1.91. The van der Waals surface area contributed by atoms with Crippen LogP contribution in [0.25, 0.3) is 0 Å². The van der Waals surface area contributed by atoms with Crippen LogP contribution in [0.15, 0.2) is 59.8 Å². The van der Waals surface area contributed by atoms with Crippen molar-refractivity contribution in [3.63, 3.8) is 0 Å². The quantitative estimate of drug-likeness (QED) is 0.469. The van der Waals surface area contributed by atoms with Crippen LogP contribution in [0.5, 0.6) is 0 Å². The van der Waals surface area contributed by atoms with E-state index in [0.717, 1.165) is 5.56 Å². The molecule has 0 radical (unpaired) electrons. The van der Waals surface area contributed by atoms with Gasteiger partial charge in [-0.3, -0.25) is 10.1 Å². The van der Waals surface area contributed by atoms with Crippen molar-refractivity contribution in [2.24, 2.45) is 5.16 Å². The third-order valence-corrected chi connectivity index (χ3v) is 2.43. The van der Waals surface area contributed by atoms with Crippen LogP contribution < -0.4 is 0 Å². The van der Waals surface area contributed by atoms with Crippen molar-refractivity contribution < 1.29 is 9.76 Å². The minimum atomic E-state index is -0.434. The molecular weight excluding hydrogens is 244 g/mol. The fourth-order valence-electron chi connectivity index (χ4n) is 1.51. The molecule has 0 unspecified atom stereocenters. The zero-order chi connectivity index (χ0) is 13.5. The van der Waals surface area contributed by atoms with E-state index < -0.39 is 4.92 Å². The predicted octanol–water partition coefficient (Wildman–Crippen LogP) is 3.15. The molecule has 2 aromatic rings. The van der Waals surface area contributed by atoms with Gasteiger partial charge in [0.1, 0.15) is 6.61 Å². The number of rotatable bonds is 5. The topological polar surface area (TPSA) is 64.7 Å². The lowest BCUT2D eigenvalue weighted by molar-refractivity contribution is -0.384. The molecule has 0 saturated carbocycles. The average Bonchev–Trinajstić information content (AvgIpc) is 2.45. The Morgan fingerprint density at radius 3 is 2.68 bits per heavy atom. The molecule has 0 heterocycles. The number of nitro benzene ring substituents is 1. The summed E-state index contributed by atoms with van der Waals surface area (Å²) >= 11 is 0. The van der Waals surface area contributed by atoms with E-state index in [1.807, 2.05) is 30.3 Å². The van der Waals surface area contributed by atoms with E-state index in [1.165, 1.54) is 12.1 Å². The Bertz CT molecular complexity index is 582. The normalized spacial score (nSPS) is 10.5. The number of oxime groups is 1. The Labute approximate surface area is 110 Å². The Hall–Kier alpha value is -2.69. The summed E-state index contributed by atoms with van der Waals surface area (Å²) in [4.78, 5) is 15.3. The van der Waals surface area contributed by atoms with Gasteiger partial charge in [-0.05, 0) is 11.1 Å². The molecule has 0 aliphatic rings. The molecule has 2 rings (SSSR count). The molecule has 0 fully saturated rings. The molecule has 19 heavy (non-hydrogen) atoms. The molecule has 5 nitrogen and oxygen atoms in total. The zero-order valence-corrected chi connectivity index (χ0v) is 10.1. The van der Waals surface area contributed by atoms with Gasteiger partial charge in [0.05, 0.1) is 11.1 Å². The first kappa shape index (κ1) is 12.8. The third-order valence-electron chi connectivity index (χ3n) is 2.43. The molecule has 0 N–H and O–H groups in total. The zero-order valence-electron chi connectivity index (χ0n) is 10.1. The van der Waals surface area contributed by atoms with Gasteiger partial charge < -0.3 is 4.84 Å². The molecule has 0 amide bonds. The number of benzene rings is 2. The molecule has 5 heteroatoms. The van der Waals surface area contributed by atoms with Gasteiger partial charge in [0, 0.05) is 12.1 Å². The SMILES string of the molecule is O=[N+]([O-])c1cccc(CO/N=C\c2ccccc2)c1. The molecule has 0 bridgehead atoms. The average molecular weight is 256 g/mol. The number of hydrogen-bond acceptors (Lipinski definition) is 4. The first-order valence-electron chi connectivity index (χ1n) is 5.69. The lowest BCUT2D eigenvalue weighted by atomic mass is 10.2. The summed E-state index contributed by atoms with van der Waals surface area (Å²) in [5.74, 6) is 0. The van der Waals surface area contributed by atoms with Crippen LogP contribution in [0.2, 0.25) is 0 Å². The van der Waals surface area contributed by atoms with Crippen molar-refractivity contribution >= 4 is 11.9 Å². The van der Waals surface area contributed by atoms with Gasteiger partial charge in [-0.25, -0.2) is 0 Å².